The zero-order valence-corrected chi connectivity index (χ0v) is 22.3. The standard InChI is InChI=1S/C26H29F3N8O2/c1-13(2)23(30)18-8-17(26(27,28)29)9-20(24(18)39-6)33-25(38)16-7-22(14(3)31-10-16)37-12-21(34-35-37)19-11-32-36(5)15(19)4/h7-13,23H,30H2,1-6H3,(H,33,38). The van der Waals surface area contributed by atoms with Crippen molar-refractivity contribution >= 4 is 11.6 Å². The van der Waals surface area contributed by atoms with E-state index in [1.165, 1.54) is 24.1 Å². The minimum Gasteiger partial charge on any atom is -0.494 e. The van der Waals surface area contributed by atoms with Gasteiger partial charge < -0.3 is 15.8 Å². The number of pyridine rings is 1. The molecule has 0 aliphatic carbocycles. The maximum Gasteiger partial charge on any atom is 0.416 e. The number of nitrogens with two attached hydrogens (primary N) is 1. The van der Waals surface area contributed by atoms with Gasteiger partial charge in [0.25, 0.3) is 5.91 Å². The van der Waals surface area contributed by atoms with Crippen LogP contribution in [0.5, 0.6) is 5.75 Å². The van der Waals surface area contributed by atoms with Gasteiger partial charge in [0.2, 0.25) is 0 Å². The number of hydrogen-bond donors (Lipinski definition) is 2. The highest BCUT2D eigenvalue weighted by atomic mass is 19.4. The van der Waals surface area contributed by atoms with Crippen LogP contribution >= 0.6 is 0 Å². The molecule has 4 rings (SSSR count). The Morgan fingerprint density at radius 3 is 2.46 bits per heavy atom. The smallest absolute Gasteiger partial charge is 0.416 e. The van der Waals surface area contributed by atoms with Crippen LogP contribution < -0.4 is 15.8 Å². The molecule has 206 valence electrons. The molecule has 1 aromatic carbocycles. The minimum atomic E-state index is -4.66. The van der Waals surface area contributed by atoms with Gasteiger partial charge in [0.05, 0.1) is 47.7 Å². The Kier molecular flexibility index (Phi) is 7.46. The summed E-state index contributed by atoms with van der Waals surface area (Å²) < 4.78 is 49.8. The Morgan fingerprint density at radius 1 is 1.15 bits per heavy atom. The fourth-order valence-electron chi connectivity index (χ4n) is 4.07. The number of hydrogen-bond acceptors (Lipinski definition) is 7. The highest BCUT2D eigenvalue weighted by molar-refractivity contribution is 6.05. The number of halogens is 3. The first-order chi connectivity index (χ1) is 18.3. The molecule has 0 aliphatic heterocycles. The maximum absolute atomic E-state index is 13.7. The van der Waals surface area contributed by atoms with Gasteiger partial charge in [-0.25, -0.2) is 4.68 Å². The summed E-state index contributed by atoms with van der Waals surface area (Å²) in [4.78, 5) is 17.5. The van der Waals surface area contributed by atoms with Gasteiger partial charge in [-0.05, 0) is 38.0 Å². The van der Waals surface area contributed by atoms with E-state index in [1.807, 2.05) is 14.0 Å². The summed E-state index contributed by atoms with van der Waals surface area (Å²) in [5, 5.41) is 15.1. The van der Waals surface area contributed by atoms with Crippen LogP contribution in [0, 0.1) is 19.8 Å². The van der Waals surface area contributed by atoms with Gasteiger partial charge in [0.1, 0.15) is 11.4 Å². The lowest BCUT2D eigenvalue weighted by Gasteiger charge is -2.23. The van der Waals surface area contributed by atoms with Crippen molar-refractivity contribution in [1.82, 2.24) is 29.8 Å². The molecule has 0 fully saturated rings. The second-order valence-corrected chi connectivity index (χ2v) is 9.51. The van der Waals surface area contributed by atoms with E-state index < -0.39 is 23.7 Å². The Morgan fingerprint density at radius 2 is 1.87 bits per heavy atom. The van der Waals surface area contributed by atoms with Crippen molar-refractivity contribution in [3.05, 3.63) is 64.9 Å². The van der Waals surface area contributed by atoms with E-state index in [2.05, 4.69) is 25.7 Å². The number of methoxy groups -OCH3 is 1. The highest BCUT2D eigenvalue weighted by Crippen LogP contribution is 2.41. The number of rotatable bonds is 7. The summed E-state index contributed by atoms with van der Waals surface area (Å²) in [5.41, 5.74) is 8.65. The molecule has 0 saturated carbocycles. The van der Waals surface area contributed by atoms with Crippen LogP contribution in [-0.4, -0.2) is 42.8 Å². The predicted molar refractivity (Wildman–Crippen MR) is 139 cm³/mol. The lowest BCUT2D eigenvalue weighted by molar-refractivity contribution is -0.137. The van der Waals surface area contributed by atoms with Crippen molar-refractivity contribution in [2.45, 2.75) is 39.9 Å². The monoisotopic (exact) mass is 542 g/mol. The molecule has 1 amide bonds. The van der Waals surface area contributed by atoms with Crippen LogP contribution in [0.25, 0.3) is 16.9 Å². The average molecular weight is 543 g/mol. The van der Waals surface area contributed by atoms with Gasteiger partial charge >= 0.3 is 6.18 Å². The number of ether oxygens (including phenoxy) is 1. The van der Waals surface area contributed by atoms with Crippen LogP contribution in [-0.2, 0) is 13.2 Å². The van der Waals surface area contributed by atoms with E-state index in [0.29, 0.717) is 17.1 Å². The number of aromatic nitrogens is 6. The lowest BCUT2D eigenvalue weighted by atomic mass is 9.93. The van der Waals surface area contributed by atoms with E-state index in [1.54, 1.807) is 37.8 Å². The molecule has 39 heavy (non-hydrogen) atoms. The summed E-state index contributed by atoms with van der Waals surface area (Å²) >= 11 is 0. The van der Waals surface area contributed by atoms with Crippen molar-refractivity contribution < 1.29 is 22.7 Å². The lowest BCUT2D eigenvalue weighted by Crippen LogP contribution is -2.21. The molecule has 1 unspecified atom stereocenters. The Hall–Kier alpha value is -4.26. The third-order valence-electron chi connectivity index (χ3n) is 6.55. The van der Waals surface area contributed by atoms with Gasteiger partial charge in [-0.2, -0.15) is 18.3 Å². The third-order valence-corrected chi connectivity index (χ3v) is 6.55. The second kappa shape index (κ2) is 10.5. The van der Waals surface area contributed by atoms with Gasteiger partial charge in [-0.3, -0.25) is 14.5 Å². The first-order valence-corrected chi connectivity index (χ1v) is 12.1. The van der Waals surface area contributed by atoms with Gasteiger partial charge in [-0.15, -0.1) is 5.10 Å². The van der Waals surface area contributed by atoms with Gasteiger partial charge in [0, 0.05) is 36.1 Å². The number of nitrogens with one attached hydrogen (secondary N) is 1. The van der Waals surface area contributed by atoms with Crippen LogP contribution in [0.1, 0.15) is 52.8 Å². The summed E-state index contributed by atoms with van der Waals surface area (Å²) in [6.07, 6.45) is 0.0387. The Bertz CT molecular complexity index is 1520. The van der Waals surface area contributed by atoms with Crippen molar-refractivity contribution in [3.8, 4) is 22.7 Å². The first kappa shape index (κ1) is 27.8. The van der Waals surface area contributed by atoms with Crippen molar-refractivity contribution in [2.24, 2.45) is 18.7 Å². The number of carbonyl (C=O) groups is 1. The Labute approximate surface area is 223 Å². The molecule has 3 aromatic heterocycles. The molecule has 0 spiro atoms. The molecule has 0 bridgehead atoms. The van der Waals surface area contributed by atoms with Crippen LogP contribution in [0.3, 0.4) is 0 Å². The van der Waals surface area contributed by atoms with Crippen molar-refractivity contribution in [1.29, 1.82) is 0 Å². The molecule has 10 nitrogen and oxygen atoms in total. The number of alkyl halides is 3. The molecule has 1 atom stereocenters. The molecular formula is C26H29F3N8O2. The zero-order chi connectivity index (χ0) is 28.6. The first-order valence-electron chi connectivity index (χ1n) is 12.1. The molecule has 13 heteroatoms. The molecule has 0 saturated heterocycles. The summed E-state index contributed by atoms with van der Waals surface area (Å²) in [6.45, 7) is 7.21. The molecule has 3 heterocycles. The largest absolute Gasteiger partial charge is 0.494 e. The predicted octanol–water partition coefficient (Wildman–Crippen LogP) is 4.62. The highest BCUT2D eigenvalue weighted by Gasteiger charge is 2.34. The normalized spacial score (nSPS) is 12.6. The van der Waals surface area contributed by atoms with Crippen LogP contribution in [0.2, 0.25) is 0 Å². The zero-order valence-electron chi connectivity index (χ0n) is 22.3. The maximum atomic E-state index is 13.7. The van der Waals surface area contributed by atoms with Crippen LogP contribution in [0.15, 0.2) is 36.8 Å². The number of carbonyl (C=O) groups excluding carboxylic acids is 1. The van der Waals surface area contributed by atoms with Gasteiger partial charge in [-0.1, -0.05) is 19.1 Å². The minimum absolute atomic E-state index is 0.0607. The van der Waals surface area contributed by atoms with Crippen molar-refractivity contribution in [2.75, 3.05) is 12.4 Å². The number of amides is 1. The Balaban J connectivity index is 1.71. The van der Waals surface area contributed by atoms with E-state index in [-0.39, 0.29) is 28.5 Å². The number of benzene rings is 1. The molecule has 0 radical (unpaired) electrons. The summed E-state index contributed by atoms with van der Waals surface area (Å²) in [5.74, 6) is -0.808. The second-order valence-electron chi connectivity index (χ2n) is 9.51. The number of aryl methyl sites for hydroxylation is 2. The number of anilines is 1. The SMILES string of the molecule is COc1c(NC(=O)c2cnc(C)c(-n3cc(-c4cnn(C)c4C)nn3)c2)cc(C(F)(F)F)cc1C(N)C(C)C. The van der Waals surface area contributed by atoms with Gasteiger partial charge in [0.15, 0.2) is 0 Å². The molecule has 4 aromatic rings. The quantitative estimate of drug-likeness (QED) is 0.349. The van der Waals surface area contributed by atoms with Crippen molar-refractivity contribution in [3.63, 3.8) is 0 Å². The summed E-state index contributed by atoms with van der Waals surface area (Å²) in [6, 6.07) is 2.57. The topological polar surface area (TPSA) is 126 Å². The summed E-state index contributed by atoms with van der Waals surface area (Å²) in [7, 11) is 3.13. The third kappa shape index (κ3) is 5.48. The van der Waals surface area contributed by atoms with E-state index in [9.17, 15) is 18.0 Å². The molecule has 3 N–H and O–H groups in total. The van der Waals surface area contributed by atoms with E-state index in [0.717, 1.165) is 23.4 Å². The molecular weight excluding hydrogens is 513 g/mol. The fourth-order valence-corrected chi connectivity index (χ4v) is 4.07. The average Bonchev–Trinajstić information content (AvgIpc) is 3.49. The molecule has 0 aliphatic rings. The van der Waals surface area contributed by atoms with Crippen LogP contribution in [0.4, 0.5) is 18.9 Å². The van der Waals surface area contributed by atoms with E-state index in [4.69, 9.17) is 10.5 Å². The fraction of sp³-hybridized carbons (Fsp3) is 0.346. The van der Waals surface area contributed by atoms with E-state index >= 15 is 0 Å². The number of nitrogens with zero attached hydrogens (tertiary/aromatic N) is 6.